The molecule has 0 aliphatic carbocycles. The molecule has 0 aromatic heterocycles. The summed E-state index contributed by atoms with van der Waals surface area (Å²) in [6.45, 7) is 0.257. The Kier molecular flexibility index (Phi) is 5.31. The van der Waals surface area contributed by atoms with Gasteiger partial charge in [0.05, 0.1) is 25.8 Å². The second-order valence-electron chi connectivity index (χ2n) is 4.40. The summed E-state index contributed by atoms with van der Waals surface area (Å²) in [4.78, 5) is 0. The van der Waals surface area contributed by atoms with Crippen molar-refractivity contribution in [2.75, 3.05) is 14.2 Å². The zero-order valence-corrected chi connectivity index (χ0v) is 12.7. The molecule has 0 aliphatic heterocycles. The van der Waals surface area contributed by atoms with Crippen molar-refractivity contribution in [1.29, 1.82) is 0 Å². The summed E-state index contributed by atoms with van der Waals surface area (Å²) in [6, 6.07) is 10.9. The zero-order valence-electron chi connectivity index (χ0n) is 11.9. The Balaban J connectivity index is 2.15. The van der Waals surface area contributed by atoms with Gasteiger partial charge in [-0.05, 0) is 35.4 Å². The second kappa shape index (κ2) is 7.20. The van der Waals surface area contributed by atoms with E-state index in [2.05, 4.69) is 0 Å². The maximum absolute atomic E-state index is 9.16. The predicted octanol–water partition coefficient (Wildman–Crippen LogP) is 3.43. The molecule has 1 N–H and O–H groups in total. The molecule has 0 saturated heterocycles. The van der Waals surface area contributed by atoms with Crippen molar-refractivity contribution in [3.63, 3.8) is 0 Å². The van der Waals surface area contributed by atoms with E-state index in [1.54, 1.807) is 19.2 Å². The molecule has 0 unspecified atom stereocenters. The SMILES string of the molecule is COc1ccc(COc2c(Cl)cc(CO)cc2OC)cc1. The third kappa shape index (κ3) is 3.80. The standard InChI is InChI=1S/C16H17ClO4/c1-19-13-5-3-11(4-6-13)10-21-16-14(17)7-12(9-18)8-15(16)20-2/h3-8,18H,9-10H2,1-2H3. The average Bonchev–Trinajstić information content (AvgIpc) is 2.53. The molecule has 0 radical (unpaired) electrons. The van der Waals surface area contributed by atoms with Gasteiger partial charge in [0.1, 0.15) is 12.4 Å². The Morgan fingerprint density at radius 2 is 1.71 bits per heavy atom. The number of benzene rings is 2. The number of hydrogen-bond donors (Lipinski definition) is 1. The number of aliphatic hydroxyl groups is 1. The Labute approximate surface area is 128 Å². The Bertz CT molecular complexity index is 596. The highest BCUT2D eigenvalue weighted by Crippen LogP contribution is 2.37. The van der Waals surface area contributed by atoms with Gasteiger partial charge < -0.3 is 19.3 Å². The van der Waals surface area contributed by atoms with Gasteiger partial charge in [-0.2, -0.15) is 0 Å². The van der Waals surface area contributed by atoms with Gasteiger partial charge in [0, 0.05) is 0 Å². The molecule has 2 rings (SSSR count). The van der Waals surface area contributed by atoms with Gasteiger partial charge in [0.15, 0.2) is 11.5 Å². The summed E-state index contributed by atoms with van der Waals surface area (Å²) < 4.78 is 16.1. The van der Waals surface area contributed by atoms with Crippen LogP contribution in [0.25, 0.3) is 0 Å². The molecule has 4 nitrogen and oxygen atoms in total. The molecule has 21 heavy (non-hydrogen) atoms. The molecule has 0 heterocycles. The van der Waals surface area contributed by atoms with Crippen LogP contribution in [-0.2, 0) is 13.2 Å². The quantitative estimate of drug-likeness (QED) is 0.888. The minimum absolute atomic E-state index is 0.102. The molecule has 0 saturated carbocycles. The van der Waals surface area contributed by atoms with Crippen LogP contribution in [0.4, 0.5) is 0 Å². The molecule has 2 aromatic rings. The number of rotatable bonds is 6. The van der Waals surface area contributed by atoms with Gasteiger partial charge >= 0.3 is 0 Å². The van der Waals surface area contributed by atoms with Crippen molar-refractivity contribution >= 4 is 11.6 Å². The highest BCUT2D eigenvalue weighted by atomic mass is 35.5. The van der Waals surface area contributed by atoms with Crippen molar-refractivity contribution in [3.05, 3.63) is 52.5 Å². The van der Waals surface area contributed by atoms with E-state index in [0.29, 0.717) is 28.7 Å². The first kappa shape index (κ1) is 15.5. The topological polar surface area (TPSA) is 47.9 Å². The van der Waals surface area contributed by atoms with Crippen LogP contribution in [0, 0.1) is 0 Å². The maximum atomic E-state index is 9.16. The lowest BCUT2D eigenvalue weighted by Crippen LogP contribution is -1.99. The van der Waals surface area contributed by atoms with Gasteiger partial charge in [-0.1, -0.05) is 23.7 Å². The van der Waals surface area contributed by atoms with E-state index in [0.717, 1.165) is 11.3 Å². The Morgan fingerprint density at radius 1 is 1.00 bits per heavy atom. The highest BCUT2D eigenvalue weighted by Gasteiger charge is 2.12. The fourth-order valence-corrected chi connectivity index (χ4v) is 2.17. The van der Waals surface area contributed by atoms with E-state index >= 15 is 0 Å². The van der Waals surface area contributed by atoms with Gasteiger partial charge in [-0.3, -0.25) is 0 Å². The summed E-state index contributed by atoms with van der Waals surface area (Å²) in [5.74, 6) is 1.76. The second-order valence-corrected chi connectivity index (χ2v) is 4.81. The summed E-state index contributed by atoms with van der Waals surface area (Å²) in [5, 5.41) is 9.57. The van der Waals surface area contributed by atoms with Crippen LogP contribution < -0.4 is 14.2 Å². The number of methoxy groups -OCH3 is 2. The normalized spacial score (nSPS) is 10.3. The molecule has 0 spiro atoms. The van der Waals surface area contributed by atoms with E-state index in [9.17, 15) is 0 Å². The lowest BCUT2D eigenvalue weighted by Gasteiger charge is -2.14. The van der Waals surface area contributed by atoms with E-state index in [1.165, 1.54) is 7.11 Å². The molecule has 5 heteroatoms. The molecule has 0 amide bonds. The fourth-order valence-electron chi connectivity index (χ4n) is 1.88. The van der Waals surface area contributed by atoms with Crippen LogP contribution in [0.5, 0.6) is 17.2 Å². The van der Waals surface area contributed by atoms with Gasteiger partial charge in [0.25, 0.3) is 0 Å². The summed E-state index contributed by atoms with van der Waals surface area (Å²) in [6.07, 6.45) is 0. The van der Waals surface area contributed by atoms with Crippen LogP contribution in [0.15, 0.2) is 36.4 Å². The van der Waals surface area contributed by atoms with Crippen molar-refractivity contribution < 1.29 is 19.3 Å². The first-order valence-electron chi connectivity index (χ1n) is 6.41. The molecule has 0 aliphatic rings. The third-order valence-electron chi connectivity index (χ3n) is 3.01. The van der Waals surface area contributed by atoms with Crippen LogP contribution in [0.2, 0.25) is 5.02 Å². The van der Waals surface area contributed by atoms with Gasteiger partial charge in [-0.25, -0.2) is 0 Å². The van der Waals surface area contributed by atoms with E-state index in [-0.39, 0.29) is 6.61 Å². The van der Waals surface area contributed by atoms with Crippen LogP contribution >= 0.6 is 11.6 Å². The summed E-state index contributed by atoms with van der Waals surface area (Å²) in [5.41, 5.74) is 1.66. The van der Waals surface area contributed by atoms with Crippen molar-refractivity contribution in [1.82, 2.24) is 0 Å². The molecule has 0 bridgehead atoms. The number of hydrogen-bond acceptors (Lipinski definition) is 4. The lowest BCUT2D eigenvalue weighted by atomic mass is 10.2. The number of halogens is 1. The van der Waals surface area contributed by atoms with Crippen molar-refractivity contribution in [3.8, 4) is 17.2 Å². The largest absolute Gasteiger partial charge is 0.497 e. The summed E-state index contributed by atoms with van der Waals surface area (Å²) >= 11 is 6.17. The molecule has 0 fully saturated rings. The zero-order chi connectivity index (χ0) is 15.2. The van der Waals surface area contributed by atoms with Crippen molar-refractivity contribution in [2.24, 2.45) is 0 Å². The van der Waals surface area contributed by atoms with Crippen molar-refractivity contribution in [2.45, 2.75) is 13.2 Å². The highest BCUT2D eigenvalue weighted by molar-refractivity contribution is 6.32. The van der Waals surface area contributed by atoms with E-state index < -0.39 is 0 Å². The first-order chi connectivity index (χ1) is 10.2. The number of aliphatic hydroxyl groups excluding tert-OH is 1. The summed E-state index contributed by atoms with van der Waals surface area (Å²) in [7, 11) is 3.16. The molecular weight excluding hydrogens is 292 g/mol. The van der Waals surface area contributed by atoms with Gasteiger partial charge in [0.2, 0.25) is 0 Å². The van der Waals surface area contributed by atoms with E-state index in [1.807, 2.05) is 24.3 Å². The Morgan fingerprint density at radius 3 is 2.29 bits per heavy atom. The first-order valence-corrected chi connectivity index (χ1v) is 6.78. The molecule has 0 atom stereocenters. The minimum Gasteiger partial charge on any atom is -0.497 e. The monoisotopic (exact) mass is 308 g/mol. The fraction of sp³-hybridized carbons (Fsp3) is 0.250. The maximum Gasteiger partial charge on any atom is 0.180 e. The minimum atomic E-state index is -0.102. The average molecular weight is 309 g/mol. The van der Waals surface area contributed by atoms with Crippen LogP contribution in [-0.4, -0.2) is 19.3 Å². The number of ether oxygens (including phenoxy) is 3. The van der Waals surface area contributed by atoms with Gasteiger partial charge in [-0.15, -0.1) is 0 Å². The van der Waals surface area contributed by atoms with E-state index in [4.69, 9.17) is 30.9 Å². The predicted molar refractivity (Wildman–Crippen MR) is 81.3 cm³/mol. The van der Waals surface area contributed by atoms with Crippen LogP contribution in [0.1, 0.15) is 11.1 Å². The van der Waals surface area contributed by atoms with Crippen LogP contribution in [0.3, 0.4) is 0 Å². The smallest absolute Gasteiger partial charge is 0.180 e. The molecular formula is C16H17ClO4. The lowest BCUT2D eigenvalue weighted by molar-refractivity contribution is 0.274. The molecule has 2 aromatic carbocycles. The Hall–Kier alpha value is -1.91. The molecule has 112 valence electrons. The third-order valence-corrected chi connectivity index (χ3v) is 3.29.